The third kappa shape index (κ3) is 3.06. The van der Waals surface area contributed by atoms with E-state index in [-0.39, 0.29) is 6.61 Å². The zero-order chi connectivity index (χ0) is 11.4. The smallest absolute Gasteiger partial charge is 0.0445 e. The van der Waals surface area contributed by atoms with Crippen LogP contribution >= 0.6 is 0 Å². The molecule has 0 bridgehead atoms. The van der Waals surface area contributed by atoms with E-state index in [2.05, 4.69) is 36.5 Å². The summed E-state index contributed by atoms with van der Waals surface area (Å²) in [6.45, 7) is 2.48. The van der Waals surface area contributed by atoms with Crippen LogP contribution in [0.1, 0.15) is 37.8 Å². The van der Waals surface area contributed by atoms with Crippen molar-refractivity contribution in [3.05, 3.63) is 35.9 Å². The van der Waals surface area contributed by atoms with Crippen LogP contribution in [-0.4, -0.2) is 17.8 Å². The van der Waals surface area contributed by atoms with Gasteiger partial charge in [-0.25, -0.2) is 0 Å². The normalized spacial score (nSPS) is 19.4. The molecule has 0 aromatic heterocycles. The van der Waals surface area contributed by atoms with Crippen LogP contribution in [0.5, 0.6) is 0 Å². The van der Waals surface area contributed by atoms with Crippen molar-refractivity contribution in [2.45, 2.75) is 38.3 Å². The second-order valence-electron chi connectivity index (χ2n) is 4.76. The first-order valence-electron chi connectivity index (χ1n) is 6.23. The fourth-order valence-electron chi connectivity index (χ4n) is 2.25. The van der Waals surface area contributed by atoms with Crippen molar-refractivity contribution in [1.29, 1.82) is 0 Å². The molecular weight excluding hydrogens is 198 g/mol. The van der Waals surface area contributed by atoms with Crippen LogP contribution in [0.4, 0.5) is 0 Å². The molecular formula is C14H21NO. The summed E-state index contributed by atoms with van der Waals surface area (Å²) in [7, 11) is 0. The lowest BCUT2D eigenvalue weighted by molar-refractivity contribution is 0.250. The van der Waals surface area contributed by atoms with Crippen molar-refractivity contribution in [2.75, 3.05) is 6.61 Å². The Balaban J connectivity index is 1.92. The van der Waals surface area contributed by atoms with Gasteiger partial charge in [0.15, 0.2) is 0 Å². The molecule has 0 heterocycles. The van der Waals surface area contributed by atoms with E-state index in [0.29, 0.717) is 12.1 Å². The minimum atomic E-state index is 0.287. The molecule has 2 rings (SSSR count). The van der Waals surface area contributed by atoms with E-state index >= 15 is 0 Å². The summed E-state index contributed by atoms with van der Waals surface area (Å²) in [5, 5.41) is 12.7. The molecule has 2 unspecified atom stereocenters. The summed E-state index contributed by atoms with van der Waals surface area (Å²) in [4.78, 5) is 0. The maximum atomic E-state index is 9.06. The van der Waals surface area contributed by atoms with Gasteiger partial charge in [-0.15, -0.1) is 0 Å². The van der Waals surface area contributed by atoms with E-state index in [0.717, 1.165) is 12.3 Å². The molecule has 2 nitrogen and oxygen atoms in total. The molecule has 1 aliphatic rings. The van der Waals surface area contributed by atoms with Gasteiger partial charge in [-0.2, -0.15) is 0 Å². The third-order valence-electron chi connectivity index (χ3n) is 3.39. The molecule has 1 aromatic carbocycles. The van der Waals surface area contributed by atoms with Crippen LogP contribution in [0, 0.1) is 5.92 Å². The molecule has 16 heavy (non-hydrogen) atoms. The van der Waals surface area contributed by atoms with E-state index in [1.54, 1.807) is 0 Å². The van der Waals surface area contributed by atoms with Crippen molar-refractivity contribution in [1.82, 2.24) is 5.32 Å². The van der Waals surface area contributed by atoms with E-state index in [1.807, 2.05) is 6.07 Å². The Morgan fingerprint density at radius 3 is 2.56 bits per heavy atom. The van der Waals surface area contributed by atoms with Crippen LogP contribution in [0.15, 0.2) is 30.3 Å². The van der Waals surface area contributed by atoms with Crippen LogP contribution in [0.2, 0.25) is 0 Å². The minimum absolute atomic E-state index is 0.287. The number of rotatable bonds is 6. The maximum Gasteiger partial charge on any atom is 0.0445 e. The second-order valence-corrected chi connectivity index (χ2v) is 4.76. The first-order valence-corrected chi connectivity index (χ1v) is 6.23. The summed E-state index contributed by atoms with van der Waals surface area (Å²) in [5.74, 6) is 0.790. The molecule has 0 amide bonds. The Kier molecular flexibility index (Phi) is 3.97. The average Bonchev–Trinajstić information content (AvgIpc) is 3.13. The van der Waals surface area contributed by atoms with Crippen molar-refractivity contribution in [2.24, 2.45) is 5.92 Å². The molecule has 88 valence electrons. The largest absolute Gasteiger partial charge is 0.396 e. The minimum Gasteiger partial charge on any atom is -0.396 e. The lowest BCUT2D eigenvalue weighted by Crippen LogP contribution is -2.34. The molecule has 2 atom stereocenters. The van der Waals surface area contributed by atoms with Crippen molar-refractivity contribution >= 4 is 0 Å². The second kappa shape index (κ2) is 5.46. The maximum absolute atomic E-state index is 9.06. The summed E-state index contributed by atoms with van der Waals surface area (Å²) < 4.78 is 0. The van der Waals surface area contributed by atoms with Crippen LogP contribution < -0.4 is 5.32 Å². The Bertz CT molecular complexity index is 308. The number of nitrogens with one attached hydrogen (secondary N) is 1. The molecule has 2 N–H and O–H groups in total. The van der Waals surface area contributed by atoms with Gasteiger partial charge in [-0.05, 0) is 37.7 Å². The Morgan fingerprint density at radius 2 is 2.00 bits per heavy atom. The predicted molar refractivity (Wildman–Crippen MR) is 66.2 cm³/mol. The molecule has 2 heteroatoms. The molecule has 0 saturated heterocycles. The summed E-state index contributed by atoms with van der Waals surface area (Å²) in [6.07, 6.45) is 3.51. The highest BCUT2D eigenvalue weighted by Crippen LogP contribution is 2.35. The zero-order valence-electron chi connectivity index (χ0n) is 9.89. The van der Waals surface area contributed by atoms with Crippen LogP contribution in [-0.2, 0) is 0 Å². The van der Waals surface area contributed by atoms with E-state index < -0.39 is 0 Å². The topological polar surface area (TPSA) is 32.3 Å². The lowest BCUT2D eigenvalue weighted by Gasteiger charge is -2.23. The standard InChI is InChI=1S/C14H21NO/c1-11(12-5-3-2-4-6-12)15-14(9-10-16)13-7-8-13/h2-6,11,13-16H,7-10H2,1H3. The molecule has 1 aliphatic carbocycles. The molecule has 1 fully saturated rings. The number of hydrogen-bond acceptors (Lipinski definition) is 2. The average molecular weight is 219 g/mol. The summed E-state index contributed by atoms with van der Waals surface area (Å²) >= 11 is 0. The number of benzene rings is 1. The Morgan fingerprint density at radius 1 is 1.31 bits per heavy atom. The molecule has 0 radical (unpaired) electrons. The van der Waals surface area contributed by atoms with Gasteiger partial charge in [0.2, 0.25) is 0 Å². The van der Waals surface area contributed by atoms with Gasteiger partial charge in [0.25, 0.3) is 0 Å². The highest BCUT2D eigenvalue weighted by molar-refractivity contribution is 5.18. The first kappa shape index (κ1) is 11.6. The summed E-state index contributed by atoms with van der Waals surface area (Å²) in [5.41, 5.74) is 1.33. The zero-order valence-corrected chi connectivity index (χ0v) is 9.89. The van der Waals surface area contributed by atoms with Crippen LogP contribution in [0.25, 0.3) is 0 Å². The highest BCUT2D eigenvalue weighted by atomic mass is 16.3. The molecule has 0 spiro atoms. The first-order chi connectivity index (χ1) is 7.81. The highest BCUT2D eigenvalue weighted by Gasteiger charge is 2.31. The van der Waals surface area contributed by atoms with E-state index in [1.165, 1.54) is 18.4 Å². The number of hydrogen-bond donors (Lipinski definition) is 2. The monoisotopic (exact) mass is 219 g/mol. The van der Waals surface area contributed by atoms with Gasteiger partial charge < -0.3 is 10.4 Å². The van der Waals surface area contributed by atoms with Gasteiger partial charge in [0, 0.05) is 18.7 Å². The van der Waals surface area contributed by atoms with Crippen molar-refractivity contribution in [3.63, 3.8) is 0 Å². The third-order valence-corrected chi connectivity index (χ3v) is 3.39. The van der Waals surface area contributed by atoms with Crippen molar-refractivity contribution in [3.8, 4) is 0 Å². The van der Waals surface area contributed by atoms with E-state index in [9.17, 15) is 0 Å². The Hall–Kier alpha value is -0.860. The van der Waals surface area contributed by atoms with Gasteiger partial charge in [0.05, 0.1) is 0 Å². The fourth-order valence-corrected chi connectivity index (χ4v) is 2.25. The quantitative estimate of drug-likeness (QED) is 0.770. The Labute approximate surface area is 97.7 Å². The van der Waals surface area contributed by atoms with Gasteiger partial charge >= 0.3 is 0 Å². The molecule has 0 aliphatic heterocycles. The molecule has 1 aromatic rings. The fraction of sp³-hybridized carbons (Fsp3) is 0.571. The van der Waals surface area contributed by atoms with Crippen LogP contribution in [0.3, 0.4) is 0 Å². The molecule has 1 saturated carbocycles. The van der Waals surface area contributed by atoms with Gasteiger partial charge in [0.1, 0.15) is 0 Å². The SMILES string of the molecule is CC(NC(CCO)C1CC1)c1ccccc1. The van der Waals surface area contributed by atoms with Gasteiger partial charge in [-0.3, -0.25) is 0 Å². The summed E-state index contributed by atoms with van der Waals surface area (Å²) in [6, 6.07) is 11.4. The number of aliphatic hydroxyl groups is 1. The lowest BCUT2D eigenvalue weighted by atomic mass is 10.0. The number of aliphatic hydroxyl groups excluding tert-OH is 1. The van der Waals surface area contributed by atoms with E-state index in [4.69, 9.17) is 5.11 Å². The predicted octanol–water partition coefficient (Wildman–Crippen LogP) is 2.50. The van der Waals surface area contributed by atoms with Gasteiger partial charge in [-0.1, -0.05) is 30.3 Å². The van der Waals surface area contributed by atoms with Crippen molar-refractivity contribution < 1.29 is 5.11 Å².